The van der Waals surface area contributed by atoms with E-state index in [-0.39, 0.29) is 13.0 Å². The summed E-state index contributed by atoms with van der Waals surface area (Å²) in [6.07, 6.45) is 42.8. The van der Waals surface area contributed by atoms with Crippen molar-refractivity contribution in [3.63, 3.8) is 0 Å². The molecule has 12 nitrogen and oxygen atoms in total. The molecule has 6 unspecified atom stereocenters. The van der Waals surface area contributed by atoms with E-state index in [0.29, 0.717) is 13.0 Å². The maximum Gasteiger partial charge on any atom is 0.472 e. The number of rotatable bonds is 51. The quantitative estimate of drug-likeness (QED) is 0.0146. The predicted octanol–water partition coefficient (Wildman–Crippen LogP) is 13.8. The summed E-state index contributed by atoms with van der Waals surface area (Å²) in [5, 5.41) is 50.4. The number of hydrogen-bond donors (Lipinski definition) is 6. The zero-order valence-corrected chi connectivity index (χ0v) is 45.3. The number of allylic oxidation sites excluding steroid dienone is 2. The Balaban J connectivity index is 2.27. The molecular formula is C56H109O12P. The third kappa shape index (κ3) is 38.3. The molecule has 1 saturated carbocycles. The highest BCUT2D eigenvalue weighted by Crippen LogP contribution is 2.47. The van der Waals surface area contributed by atoms with Gasteiger partial charge in [-0.05, 0) is 38.5 Å². The van der Waals surface area contributed by atoms with Crippen molar-refractivity contribution in [1.29, 1.82) is 0 Å². The maximum atomic E-state index is 12.9. The molecular weight excluding hydrogens is 896 g/mol. The first-order valence-electron chi connectivity index (χ1n) is 29.0. The fourth-order valence-corrected chi connectivity index (χ4v) is 10.3. The molecule has 13 heteroatoms. The Labute approximate surface area is 422 Å². The van der Waals surface area contributed by atoms with Gasteiger partial charge in [0.15, 0.2) is 0 Å². The van der Waals surface area contributed by atoms with Crippen molar-refractivity contribution in [1.82, 2.24) is 0 Å². The van der Waals surface area contributed by atoms with Crippen LogP contribution in [0, 0.1) is 0 Å². The molecule has 0 heterocycles. The van der Waals surface area contributed by atoms with Crippen molar-refractivity contribution in [2.75, 3.05) is 19.8 Å². The van der Waals surface area contributed by atoms with Gasteiger partial charge in [-0.25, -0.2) is 4.57 Å². The van der Waals surface area contributed by atoms with Crippen LogP contribution >= 0.6 is 7.82 Å². The van der Waals surface area contributed by atoms with E-state index in [9.17, 15) is 39.8 Å². The van der Waals surface area contributed by atoms with Crippen LogP contribution in [-0.2, 0) is 27.9 Å². The van der Waals surface area contributed by atoms with Crippen LogP contribution in [-0.4, -0.2) is 98.9 Å². The molecule has 1 rings (SSSR count). The van der Waals surface area contributed by atoms with Crippen LogP contribution in [0.15, 0.2) is 12.2 Å². The molecule has 6 N–H and O–H groups in total. The minimum absolute atomic E-state index is 0.0711. The predicted molar refractivity (Wildman–Crippen MR) is 281 cm³/mol. The summed E-state index contributed by atoms with van der Waals surface area (Å²) >= 11 is 0. The molecule has 1 aliphatic carbocycles. The van der Waals surface area contributed by atoms with Gasteiger partial charge in [0.25, 0.3) is 0 Å². The summed E-state index contributed by atoms with van der Waals surface area (Å²) < 4.78 is 34.4. The normalized spacial score (nSPS) is 21.0. The van der Waals surface area contributed by atoms with Gasteiger partial charge in [-0.1, -0.05) is 244 Å². The van der Waals surface area contributed by atoms with E-state index in [1.807, 2.05) is 0 Å². The average molecular weight is 1010 g/mol. The molecule has 69 heavy (non-hydrogen) atoms. The van der Waals surface area contributed by atoms with Crippen molar-refractivity contribution in [2.45, 2.75) is 320 Å². The highest BCUT2D eigenvalue weighted by atomic mass is 31.2. The lowest BCUT2D eigenvalue weighted by Crippen LogP contribution is -2.64. The van der Waals surface area contributed by atoms with E-state index in [2.05, 4.69) is 26.0 Å². The lowest BCUT2D eigenvalue weighted by atomic mass is 9.85. The van der Waals surface area contributed by atoms with E-state index >= 15 is 0 Å². The minimum Gasteiger partial charge on any atom is -0.457 e. The second kappa shape index (κ2) is 46.8. The summed E-state index contributed by atoms with van der Waals surface area (Å²) in [7, 11) is -5.02. The van der Waals surface area contributed by atoms with Crippen LogP contribution in [0.2, 0.25) is 0 Å². The van der Waals surface area contributed by atoms with Crippen LogP contribution in [0.5, 0.6) is 0 Å². The van der Waals surface area contributed by atoms with Crippen molar-refractivity contribution in [2.24, 2.45) is 0 Å². The fraction of sp³-hybridized carbons (Fsp3) is 0.946. The Morgan fingerprint density at radius 1 is 0.449 bits per heavy atom. The Kier molecular flexibility index (Phi) is 44.9. The zero-order valence-electron chi connectivity index (χ0n) is 44.4. The second-order valence-electron chi connectivity index (χ2n) is 20.5. The van der Waals surface area contributed by atoms with E-state index in [4.69, 9.17) is 18.5 Å². The fourth-order valence-electron chi connectivity index (χ4n) is 9.30. The molecule has 1 aliphatic rings. The van der Waals surface area contributed by atoms with Crippen LogP contribution in [0.4, 0.5) is 0 Å². The van der Waals surface area contributed by atoms with Crippen molar-refractivity contribution in [3.8, 4) is 0 Å². The summed E-state index contributed by atoms with van der Waals surface area (Å²) in [6.45, 7) is 4.32. The van der Waals surface area contributed by atoms with Gasteiger partial charge in [-0.15, -0.1) is 0 Å². The van der Waals surface area contributed by atoms with Gasteiger partial charge >= 0.3 is 13.8 Å². The SMILES string of the molecule is CCCCCCCC/C=C\CCCCCCCCCCCCOCC(COP(=O)(O)OC1C(O)C(O)C(O)C(O)C1O)OC(=O)CCCCCCCCCCCCCCCCCCCCCCCC. The highest BCUT2D eigenvalue weighted by molar-refractivity contribution is 7.47. The first-order valence-corrected chi connectivity index (χ1v) is 30.5. The smallest absolute Gasteiger partial charge is 0.457 e. The van der Waals surface area contributed by atoms with Gasteiger partial charge in [0, 0.05) is 13.0 Å². The number of unbranched alkanes of at least 4 members (excludes halogenated alkanes) is 37. The summed E-state index contributed by atoms with van der Waals surface area (Å²) in [4.78, 5) is 23.3. The summed E-state index contributed by atoms with van der Waals surface area (Å²) in [5.74, 6) is -0.469. The molecule has 0 aromatic heterocycles. The summed E-state index contributed by atoms with van der Waals surface area (Å²) in [5.41, 5.74) is 0. The van der Waals surface area contributed by atoms with E-state index < -0.39 is 63.1 Å². The monoisotopic (exact) mass is 1000 g/mol. The van der Waals surface area contributed by atoms with Gasteiger partial charge in [-0.2, -0.15) is 0 Å². The molecule has 0 aromatic carbocycles. The lowest BCUT2D eigenvalue weighted by Gasteiger charge is -2.41. The molecule has 410 valence electrons. The first-order chi connectivity index (χ1) is 33.5. The number of carbonyl (C=O) groups is 1. The molecule has 0 aliphatic heterocycles. The molecule has 6 atom stereocenters. The third-order valence-electron chi connectivity index (χ3n) is 13.9. The second-order valence-corrected chi connectivity index (χ2v) is 21.9. The Morgan fingerprint density at radius 2 is 0.768 bits per heavy atom. The van der Waals surface area contributed by atoms with Gasteiger partial charge < -0.3 is 39.9 Å². The molecule has 0 radical (unpaired) electrons. The van der Waals surface area contributed by atoms with Crippen LogP contribution < -0.4 is 0 Å². The summed E-state index contributed by atoms with van der Waals surface area (Å²) in [6, 6.07) is 0. The first kappa shape index (κ1) is 66.1. The topological polar surface area (TPSA) is 192 Å². The Morgan fingerprint density at radius 3 is 1.14 bits per heavy atom. The minimum atomic E-state index is -5.02. The molecule has 0 amide bonds. The van der Waals surface area contributed by atoms with E-state index in [1.165, 1.54) is 212 Å². The maximum absolute atomic E-state index is 12.9. The van der Waals surface area contributed by atoms with Crippen molar-refractivity contribution in [3.05, 3.63) is 12.2 Å². The standard InChI is InChI=1S/C56H109O12P/c1-3-5-7-9-11-13-15-17-19-21-23-25-26-27-29-31-33-35-37-39-41-43-45-50(57)67-49(48-66-69(63,64)68-56-54(61)52(59)51(58)53(60)55(56)62)47-65-46-44-42-40-38-36-34-32-30-28-24-22-20-18-16-14-12-10-8-6-4-2/h18,20,49,51-56,58-62H,3-17,19,21-48H2,1-2H3,(H,63,64)/b20-18-. The third-order valence-corrected chi connectivity index (χ3v) is 14.9. The molecule has 1 fully saturated rings. The van der Waals surface area contributed by atoms with Crippen LogP contribution in [0.3, 0.4) is 0 Å². The van der Waals surface area contributed by atoms with Gasteiger partial charge in [-0.3, -0.25) is 13.8 Å². The number of aliphatic hydroxyl groups excluding tert-OH is 5. The highest BCUT2D eigenvalue weighted by Gasteiger charge is 2.51. The van der Waals surface area contributed by atoms with Crippen LogP contribution in [0.25, 0.3) is 0 Å². The number of ether oxygens (including phenoxy) is 2. The number of phosphoric ester groups is 1. The molecule has 0 bridgehead atoms. The number of hydrogen-bond acceptors (Lipinski definition) is 11. The lowest BCUT2D eigenvalue weighted by molar-refractivity contribution is -0.220. The van der Waals surface area contributed by atoms with Gasteiger partial charge in [0.05, 0.1) is 13.2 Å². The number of aliphatic hydroxyl groups is 5. The average Bonchev–Trinajstić information content (AvgIpc) is 3.34. The zero-order chi connectivity index (χ0) is 50.5. The van der Waals surface area contributed by atoms with Crippen molar-refractivity contribution >= 4 is 13.8 Å². The van der Waals surface area contributed by atoms with Crippen molar-refractivity contribution < 1.29 is 58.3 Å². The Hall–Kier alpha value is -0.920. The van der Waals surface area contributed by atoms with Gasteiger partial charge in [0.1, 0.15) is 42.7 Å². The molecule has 0 spiro atoms. The molecule has 0 saturated heterocycles. The van der Waals surface area contributed by atoms with Crippen LogP contribution in [0.1, 0.15) is 277 Å². The van der Waals surface area contributed by atoms with E-state index in [0.717, 1.165) is 38.5 Å². The molecule has 0 aromatic rings. The number of phosphoric acid groups is 1. The van der Waals surface area contributed by atoms with E-state index in [1.54, 1.807) is 0 Å². The van der Waals surface area contributed by atoms with Gasteiger partial charge in [0.2, 0.25) is 0 Å². The largest absolute Gasteiger partial charge is 0.472 e. The Bertz CT molecular complexity index is 1190. The number of carbonyl (C=O) groups excluding carboxylic acids is 1. The number of esters is 1.